The lowest BCUT2D eigenvalue weighted by molar-refractivity contribution is 0.116. The van der Waals surface area contributed by atoms with Gasteiger partial charge in [-0.25, -0.2) is 0 Å². The molecule has 1 aromatic heterocycles. The third-order valence-corrected chi connectivity index (χ3v) is 5.17. The van der Waals surface area contributed by atoms with E-state index in [0.29, 0.717) is 12.0 Å². The lowest BCUT2D eigenvalue weighted by Gasteiger charge is -2.37. The van der Waals surface area contributed by atoms with E-state index in [2.05, 4.69) is 65.2 Å². The SMILES string of the molecule is CCNC(=NCC(C)c1ccsc1)NCC1CN(C)CCN1C.I. The smallest absolute Gasteiger partial charge is 0.191 e. The molecule has 2 atom stereocenters. The quantitative estimate of drug-likeness (QED) is 0.385. The van der Waals surface area contributed by atoms with Crippen molar-refractivity contribution in [1.82, 2.24) is 20.4 Å². The summed E-state index contributed by atoms with van der Waals surface area (Å²) in [4.78, 5) is 9.60. The van der Waals surface area contributed by atoms with Gasteiger partial charge in [-0.15, -0.1) is 24.0 Å². The van der Waals surface area contributed by atoms with E-state index >= 15 is 0 Å². The molecule has 1 aliphatic heterocycles. The molecule has 0 spiro atoms. The van der Waals surface area contributed by atoms with Crippen molar-refractivity contribution < 1.29 is 0 Å². The predicted molar refractivity (Wildman–Crippen MR) is 116 cm³/mol. The highest BCUT2D eigenvalue weighted by Crippen LogP contribution is 2.18. The Balaban J connectivity index is 0.00000288. The van der Waals surface area contributed by atoms with Crippen LogP contribution in [0.25, 0.3) is 0 Å². The number of aliphatic imine (C=N–C) groups is 1. The maximum Gasteiger partial charge on any atom is 0.191 e. The highest BCUT2D eigenvalue weighted by molar-refractivity contribution is 14.0. The van der Waals surface area contributed by atoms with Crippen LogP contribution in [0.5, 0.6) is 0 Å². The van der Waals surface area contributed by atoms with Gasteiger partial charge in [-0.2, -0.15) is 11.3 Å². The van der Waals surface area contributed by atoms with E-state index in [1.165, 1.54) is 5.56 Å². The molecule has 0 aromatic carbocycles. The van der Waals surface area contributed by atoms with Gasteiger partial charge >= 0.3 is 0 Å². The van der Waals surface area contributed by atoms with Gasteiger partial charge in [0.25, 0.3) is 0 Å². The maximum atomic E-state index is 4.76. The molecule has 1 fully saturated rings. The van der Waals surface area contributed by atoms with Gasteiger partial charge in [0.2, 0.25) is 0 Å². The first-order chi connectivity index (χ1) is 11.1. The van der Waals surface area contributed by atoms with Crippen LogP contribution in [0.4, 0.5) is 0 Å². The zero-order valence-electron chi connectivity index (χ0n) is 15.3. The number of likely N-dealkylation sites (N-methyl/N-ethyl adjacent to an activating group) is 2. The molecule has 0 radical (unpaired) electrons. The zero-order chi connectivity index (χ0) is 16.7. The molecule has 0 bridgehead atoms. The van der Waals surface area contributed by atoms with Crippen LogP contribution in [-0.2, 0) is 0 Å². The summed E-state index contributed by atoms with van der Waals surface area (Å²) in [6.45, 7) is 10.4. The van der Waals surface area contributed by atoms with Crippen LogP contribution in [0.3, 0.4) is 0 Å². The zero-order valence-corrected chi connectivity index (χ0v) is 18.4. The molecular formula is C17H32IN5S. The van der Waals surface area contributed by atoms with Crippen molar-refractivity contribution in [2.45, 2.75) is 25.8 Å². The Labute approximate surface area is 167 Å². The molecule has 2 N–H and O–H groups in total. The largest absolute Gasteiger partial charge is 0.357 e. The van der Waals surface area contributed by atoms with Crippen molar-refractivity contribution in [3.63, 3.8) is 0 Å². The fourth-order valence-corrected chi connectivity index (χ4v) is 3.55. The number of thiophene rings is 1. The molecule has 2 heterocycles. The second-order valence-electron chi connectivity index (χ2n) is 6.45. The third-order valence-electron chi connectivity index (χ3n) is 4.47. The highest BCUT2D eigenvalue weighted by atomic mass is 127. The van der Waals surface area contributed by atoms with Gasteiger partial charge in [-0.3, -0.25) is 9.89 Å². The van der Waals surface area contributed by atoms with Gasteiger partial charge < -0.3 is 15.5 Å². The topological polar surface area (TPSA) is 42.9 Å². The van der Waals surface area contributed by atoms with E-state index in [4.69, 9.17) is 4.99 Å². The van der Waals surface area contributed by atoms with Crippen molar-refractivity contribution in [1.29, 1.82) is 0 Å². The first-order valence-electron chi connectivity index (χ1n) is 8.53. The number of rotatable bonds is 6. The summed E-state index contributed by atoms with van der Waals surface area (Å²) in [5.74, 6) is 1.39. The highest BCUT2D eigenvalue weighted by Gasteiger charge is 2.22. The minimum Gasteiger partial charge on any atom is -0.357 e. The molecule has 0 saturated carbocycles. The van der Waals surface area contributed by atoms with Crippen LogP contribution in [-0.4, -0.2) is 75.2 Å². The molecule has 138 valence electrons. The van der Waals surface area contributed by atoms with Gasteiger partial charge in [0.15, 0.2) is 5.96 Å². The van der Waals surface area contributed by atoms with Gasteiger partial charge in [0.05, 0.1) is 0 Å². The van der Waals surface area contributed by atoms with Crippen LogP contribution in [0.1, 0.15) is 25.3 Å². The Morgan fingerprint density at radius 1 is 1.38 bits per heavy atom. The lowest BCUT2D eigenvalue weighted by Crippen LogP contribution is -2.55. The second kappa shape index (κ2) is 11.3. The molecular weight excluding hydrogens is 433 g/mol. The second-order valence-corrected chi connectivity index (χ2v) is 7.23. The minimum atomic E-state index is 0. The Hall–Kier alpha value is -0.380. The van der Waals surface area contributed by atoms with E-state index in [1.807, 2.05) is 0 Å². The molecule has 2 unspecified atom stereocenters. The predicted octanol–water partition coefficient (Wildman–Crippen LogP) is 2.27. The van der Waals surface area contributed by atoms with E-state index in [0.717, 1.165) is 45.2 Å². The summed E-state index contributed by atoms with van der Waals surface area (Å²) in [6.07, 6.45) is 0. The summed E-state index contributed by atoms with van der Waals surface area (Å²) in [7, 11) is 4.41. The van der Waals surface area contributed by atoms with Gasteiger partial charge in [0, 0.05) is 51.2 Å². The Morgan fingerprint density at radius 2 is 2.17 bits per heavy atom. The van der Waals surface area contributed by atoms with Crippen molar-refractivity contribution in [2.24, 2.45) is 4.99 Å². The molecule has 24 heavy (non-hydrogen) atoms. The number of piperazine rings is 1. The molecule has 0 amide bonds. The molecule has 1 aromatic rings. The molecule has 1 saturated heterocycles. The van der Waals surface area contributed by atoms with Crippen molar-refractivity contribution in [3.05, 3.63) is 22.4 Å². The summed E-state index contributed by atoms with van der Waals surface area (Å²) in [5.41, 5.74) is 1.38. The average Bonchev–Trinajstić information content (AvgIpc) is 3.07. The Kier molecular flexibility index (Phi) is 10.2. The van der Waals surface area contributed by atoms with Crippen molar-refractivity contribution in [2.75, 3.05) is 53.4 Å². The van der Waals surface area contributed by atoms with Gasteiger partial charge in [-0.05, 0) is 43.4 Å². The molecule has 0 aliphatic carbocycles. The maximum absolute atomic E-state index is 4.76. The minimum absolute atomic E-state index is 0. The lowest BCUT2D eigenvalue weighted by atomic mass is 10.1. The van der Waals surface area contributed by atoms with Gasteiger partial charge in [-0.1, -0.05) is 6.92 Å². The van der Waals surface area contributed by atoms with E-state index in [-0.39, 0.29) is 24.0 Å². The Morgan fingerprint density at radius 3 is 2.83 bits per heavy atom. The molecule has 2 rings (SSSR count). The first kappa shape index (κ1) is 21.7. The van der Waals surface area contributed by atoms with Crippen LogP contribution in [0.2, 0.25) is 0 Å². The Bertz CT molecular complexity index is 479. The number of hydrogen-bond donors (Lipinski definition) is 2. The van der Waals surface area contributed by atoms with E-state index < -0.39 is 0 Å². The molecule has 7 heteroatoms. The molecule has 1 aliphatic rings. The number of nitrogens with zero attached hydrogens (tertiary/aromatic N) is 3. The summed E-state index contributed by atoms with van der Waals surface area (Å²) in [5, 5.41) is 11.2. The van der Waals surface area contributed by atoms with Crippen LogP contribution in [0, 0.1) is 0 Å². The fourth-order valence-electron chi connectivity index (χ4n) is 2.77. The number of guanidine groups is 1. The van der Waals surface area contributed by atoms with Crippen LogP contribution < -0.4 is 10.6 Å². The summed E-state index contributed by atoms with van der Waals surface area (Å²) in [6, 6.07) is 2.73. The molecule has 5 nitrogen and oxygen atoms in total. The number of halogens is 1. The normalized spacial score (nSPS) is 21.2. The average molecular weight is 465 g/mol. The van der Waals surface area contributed by atoms with Gasteiger partial charge in [0.1, 0.15) is 0 Å². The third kappa shape index (κ3) is 6.85. The summed E-state index contributed by atoms with van der Waals surface area (Å²) < 4.78 is 0. The van der Waals surface area contributed by atoms with E-state index in [9.17, 15) is 0 Å². The first-order valence-corrected chi connectivity index (χ1v) is 9.47. The van der Waals surface area contributed by atoms with Crippen LogP contribution >= 0.6 is 35.3 Å². The number of hydrogen-bond acceptors (Lipinski definition) is 4. The van der Waals surface area contributed by atoms with Crippen LogP contribution in [0.15, 0.2) is 21.8 Å². The van der Waals surface area contributed by atoms with Crippen molar-refractivity contribution >= 4 is 41.3 Å². The van der Waals surface area contributed by atoms with Crippen molar-refractivity contribution in [3.8, 4) is 0 Å². The standard InChI is InChI=1S/C17H31N5S.HI/c1-5-18-17(19-10-14(2)15-6-9-23-13-15)20-11-16-12-21(3)7-8-22(16)4;/h6,9,13-14,16H,5,7-8,10-12H2,1-4H3,(H2,18,19,20);1H. The monoisotopic (exact) mass is 465 g/mol. The fraction of sp³-hybridized carbons (Fsp3) is 0.706. The summed E-state index contributed by atoms with van der Waals surface area (Å²) >= 11 is 1.75. The van der Waals surface area contributed by atoms with E-state index in [1.54, 1.807) is 11.3 Å². The number of nitrogens with one attached hydrogen (secondary N) is 2.